The number of benzene rings is 1. The molecule has 3 N–H and O–H groups in total. The number of nitrogens with zero attached hydrogens (tertiary/aromatic N) is 1. The van der Waals surface area contributed by atoms with Gasteiger partial charge in [0, 0.05) is 5.56 Å². The molecule has 2 rings (SSSR count). The fourth-order valence-corrected chi connectivity index (χ4v) is 2.43. The molecule has 17 heavy (non-hydrogen) atoms. The van der Waals surface area contributed by atoms with Crippen molar-refractivity contribution < 1.29 is 9.90 Å². The summed E-state index contributed by atoms with van der Waals surface area (Å²) in [5.41, 5.74) is 7.21. The Hall–Kier alpha value is -2.32. The first-order chi connectivity index (χ1) is 8.17. The van der Waals surface area contributed by atoms with E-state index < -0.39 is 0 Å². The number of carbonyl (C=O) groups excluding carboxylic acids is 1. The third-order valence-corrected chi connectivity index (χ3v) is 3.28. The topological polar surface area (TPSA) is 87.1 Å². The number of nitriles is 1. The number of anilines is 1. The molecule has 0 fully saturated rings. The first-order valence-corrected chi connectivity index (χ1v) is 5.56. The lowest BCUT2D eigenvalue weighted by atomic mass is 10.0. The molecule has 0 atom stereocenters. The number of aldehydes is 1. The second kappa shape index (κ2) is 4.28. The van der Waals surface area contributed by atoms with E-state index in [1.807, 2.05) is 6.07 Å². The summed E-state index contributed by atoms with van der Waals surface area (Å²) in [6.07, 6.45) is 0.685. The number of nitrogen functional groups attached to an aromatic ring is 1. The van der Waals surface area contributed by atoms with Gasteiger partial charge in [-0.15, -0.1) is 11.3 Å². The Morgan fingerprint density at radius 1 is 1.35 bits per heavy atom. The van der Waals surface area contributed by atoms with Gasteiger partial charge in [0.25, 0.3) is 0 Å². The molecule has 2 aromatic rings. The van der Waals surface area contributed by atoms with Gasteiger partial charge in [-0.1, -0.05) is 12.1 Å². The van der Waals surface area contributed by atoms with Gasteiger partial charge in [0.15, 0.2) is 6.29 Å². The molecule has 4 nitrogen and oxygen atoms in total. The van der Waals surface area contributed by atoms with Crippen LogP contribution in [0.15, 0.2) is 24.3 Å². The van der Waals surface area contributed by atoms with Gasteiger partial charge in [-0.2, -0.15) is 5.26 Å². The average molecular weight is 244 g/mol. The zero-order valence-electron chi connectivity index (χ0n) is 8.68. The summed E-state index contributed by atoms with van der Waals surface area (Å²) >= 11 is 1.09. The maximum Gasteiger partial charge on any atom is 0.160 e. The van der Waals surface area contributed by atoms with E-state index in [4.69, 9.17) is 11.0 Å². The molecule has 0 unspecified atom stereocenters. The molecule has 0 aliphatic heterocycles. The van der Waals surface area contributed by atoms with Crippen LogP contribution in [0.3, 0.4) is 0 Å². The van der Waals surface area contributed by atoms with E-state index in [2.05, 4.69) is 0 Å². The Morgan fingerprint density at radius 3 is 2.53 bits per heavy atom. The van der Waals surface area contributed by atoms with Crippen molar-refractivity contribution in [3.8, 4) is 22.9 Å². The summed E-state index contributed by atoms with van der Waals surface area (Å²) in [5.74, 6) is 0.128. The van der Waals surface area contributed by atoms with E-state index in [9.17, 15) is 9.90 Å². The van der Waals surface area contributed by atoms with Crippen LogP contribution in [0.5, 0.6) is 5.75 Å². The quantitative estimate of drug-likeness (QED) is 0.794. The highest BCUT2D eigenvalue weighted by atomic mass is 32.1. The zero-order chi connectivity index (χ0) is 12.4. The molecular formula is C12H8N2O2S. The molecule has 0 aliphatic rings. The number of rotatable bonds is 2. The molecule has 0 aliphatic carbocycles. The molecule has 0 bridgehead atoms. The van der Waals surface area contributed by atoms with Crippen LogP contribution < -0.4 is 5.73 Å². The molecule has 0 saturated heterocycles. The van der Waals surface area contributed by atoms with Crippen LogP contribution in [0.1, 0.15) is 15.2 Å². The average Bonchev–Trinajstić information content (AvgIpc) is 2.66. The minimum atomic E-state index is 0.128. The van der Waals surface area contributed by atoms with Crippen LogP contribution in [-0.2, 0) is 0 Å². The highest BCUT2D eigenvalue weighted by Gasteiger charge is 2.17. The monoisotopic (exact) mass is 244 g/mol. The summed E-state index contributed by atoms with van der Waals surface area (Å²) in [6, 6.07) is 8.28. The Balaban J connectivity index is 2.69. The molecule has 0 spiro atoms. The van der Waals surface area contributed by atoms with Crippen molar-refractivity contribution in [3.63, 3.8) is 0 Å². The normalized spacial score (nSPS) is 9.82. The number of carbonyl (C=O) groups is 1. The predicted molar refractivity (Wildman–Crippen MR) is 65.9 cm³/mol. The second-order valence-corrected chi connectivity index (χ2v) is 4.44. The van der Waals surface area contributed by atoms with Crippen LogP contribution in [0, 0.1) is 11.3 Å². The van der Waals surface area contributed by atoms with Gasteiger partial charge in [-0.05, 0) is 17.7 Å². The van der Waals surface area contributed by atoms with Crippen LogP contribution in [0.4, 0.5) is 5.00 Å². The van der Waals surface area contributed by atoms with Gasteiger partial charge in [-0.3, -0.25) is 4.79 Å². The zero-order valence-corrected chi connectivity index (χ0v) is 9.49. The number of hydrogen-bond acceptors (Lipinski definition) is 5. The minimum Gasteiger partial charge on any atom is -0.508 e. The van der Waals surface area contributed by atoms with Crippen LogP contribution in [0.25, 0.3) is 11.1 Å². The van der Waals surface area contributed by atoms with Gasteiger partial charge >= 0.3 is 0 Å². The fourth-order valence-electron chi connectivity index (χ4n) is 1.58. The van der Waals surface area contributed by atoms with E-state index in [-0.39, 0.29) is 5.75 Å². The lowest BCUT2D eigenvalue weighted by Gasteiger charge is -2.01. The smallest absolute Gasteiger partial charge is 0.160 e. The first-order valence-electron chi connectivity index (χ1n) is 4.74. The van der Waals surface area contributed by atoms with Crippen molar-refractivity contribution in [2.75, 3.05) is 5.73 Å². The van der Waals surface area contributed by atoms with E-state index in [0.29, 0.717) is 32.9 Å². The van der Waals surface area contributed by atoms with Crippen molar-refractivity contribution in [1.82, 2.24) is 0 Å². The highest BCUT2D eigenvalue weighted by Crippen LogP contribution is 2.37. The van der Waals surface area contributed by atoms with Gasteiger partial charge in [0.05, 0.1) is 10.4 Å². The fraction of sp³-hybridized carbons (Fsp3) is 0. The molecule has 0 amide bonds. The molecule has 1 heterocycles. The van der Waals surface area contributed by atoms with Crippen LogP contribution >= 0.6 is 11.3 Å². The Bertz CT molecular complexity index is 609. The standard InChI is InChI=1S/C12H8N2O2S/c13-5-9-11(10(6-15)17-12(9)14)7-1-3-8(16)4-2-7/h1-4,6,16H,14H2. The van der Waals surface area contributed by atoms with E-state index in [1.165, 1.54) is 12.1 Å². The van der Waals surface area contributed by atoms with Crippen molar-refractivity contribution >= 4 is 22.6 Å². The first kappa shape index (κ1) is 11.2. The van der Waals surface area contributed by atoms with Crippen LogP contribution in [-0.4, -0.2) is 11.4 Å². The van der Waals surface area contributed by atoms with E-state index in [1.54, 1.807) is 12.1 Å². The number of thiophene rings is 1. The molecule has 1 aromatic carbocycles. The minimum absolute atomic E-state index is 0.128. The summed E-state index contributed by atoms with van der Waals surface area (Å²) in [5, 5.41) is 18.6. The van der Waals surface area contributed by atoms with Crippen molar-refractivity contribution in [2.24, 2.45) is 0 Å². The molecule has 1 aromatic heterocycles. The lowest BCUT2D eigenvalue weighted by Crippen LogP contribution is -1.87. The number of phenolic OH excluding ortho intramolecular Hbond substituents is 1. The maximum atomic E-state index is 10.9. The van der Waals surface area contributed by atoms with Gasteiger partial charge < -0.3 is 10.8 Å². The lowest BCUT2D eigenvalue weighted by molar-refractivity contribution is 0.112. The molecule has 84 valence electrons. The SMILES string of the molecule is N#Cc1c(N)sc(C=O)c1-c1ccc(O)cc1. The van der Waals surface area contributed by atoms with Crippen molar-refractivity contribution in [2.45, 2.75) is 0 Å². The van der Waals surface area contributed by atoms with E-state index >= 15 is 0 Å². The predicted octanol–water partition coefficient (Wildman–Crippen LogP) is 2.39. The number of hydrogen-bond donors (Lipinski definition) is 2. The molecular weight excluding hydrogens is 236 g/mol. The molecule has 0 saturated carbocycles. The van der Waals surface area contributed by atoms with Gasteiger partial charge in [0.2, 0.25) is 0 Å². The highest BCUT2D eigenvalue weighted by molar-refractivity contribution is 7.18. The molecule has 5 heteroatoms. The Kier molecular flexibility index (Phi) is 2.81. The van der Waals surface area contributed by atoms with Gasteiger partial charge in [0.1, 0.15) is 16.8 Å². The number of aromatic hydroxyl groups is 1. The summed E-state index contributed by atoms with van der Waals surface area (Å²) in [4.78, 5) is 11.4. The number of nitrogens with two attached hydrogens (primary N) is 1. The Morgan fingerprint density at radius 2 is 2.00 bits per heavy atom. The maximum absolute atomic E-state index is 10.9. The Labute approximate surface area is 102 Å². The van der Waals surface area contributed by atoms with Crippen LogP contribution in [0.2, 0.25) is 0 Å². The van der Waals surface area contributed by atoms with Crippen molar-refractivity contribution in [1.29, 1.82) is 5.26 Å². The summed E-state index contributed by atoms with van der Waals surface area (Å²) in [6.45, 7) is 0. The largest absolute Gasteiger partial charge is 0.508 e. The third-order valence-electron chi connectivity index (χ3n) is 2.34. The second-order valence-electron chi connectivity index (χ2n) is 3.36. The number of phenols is 1. The summed E-state index contributed by atoms with van der Waals surface area (Å²) in [7, 11) is 0. The molecule has 0 radical (unpaired) electrons. The third kappa shape index (κ3) is 1.86. The summed E-state index contributed by atoms with van der Waals surface area (Å²) < 4.78 is 0. The van der Waals surface area contributed by atoms with Gasteiger partial charge in [-0.25, -0.2) is 0 Å². The van der Waals surface area contributed by atoms with Crippen molar-refractivity contribution in [3.05, 3.63) is 34.7 Å². The van der Waals surface area contributed by atoms with E-state index in [0.717, 1.165) is 11.3 Å².